The fraction of sp³-hybridized carbons (Fsp3) is 0.300. The zero-order chi connectivity index (χ0) is 13.7. The summed E-state index contributed by atoms with van der Waals surface area (Å²) in [5.41, 5.74) is -0.0790. The van der Waals surface area contributed by atoms with Gasteiger partial charge in [0.1, 0.15) is 6.04 Å². The number of halogens is 1. The largest absolute Gasteiger partial charge is 0.480 e. The van der Waals surface area contributed by atoms with E-state index in [4.69, 9.17) is 16.7 Å². The second kappa shape index (κ2) is 6.58. The van der Waals surface area contributed by atoms with Gasteiger partial charge in [0, 0.05) is 16.8 Å². The van der Waals surface area contributed by atoms with Crippen molar-refractivity contribution in [1.29, 1.82) is 0 Å². The highest BCUT2D eigenvalue weighted by Gasteiger charge is 2.19. The maximum absolute atomic E-state index is 10.8. The number of benzene rings is 1. The summed E-state index contributed by atoms with van der Waals surface area (Å²) in [5, 5.41) is 22.6. The van der Waals surface area contributed by atoms with Crippen LogP contribution in [0.15, 0.2) is 23.1 Å². The van der Waals surface area contributed by atoms with E-state index in [1.165, 1.54) is 25.2 Å². The van der Waals surface area contributed by atoms with Crippen molar-refractivity contribution >= 4 is 35.0 Å². The van der Waals surface area contributed by atoms with Gasteiger partial charge >= 0.3 is 5.97 Å². The van der Waals surface area contributed by atoms with E-state index >= 15 is 0 Å². The highest BCUT2D eigenvalue weighted by atomic mass is 35.5. The molecule has 0 spiro atoms. The number of carbonyl (C=O) groups is 1. The van der Waals surface area contributed by atoms with Gasteiger partial charge in [-0.2, -0.15) is 0 Å². The normalized spacial score (nSPS) is 12.1. The molecular formula is C10H11ClN2O4S. The van der Waals surface area contributed by atoms with E-state index in [0.29, 0.717) is 9.92 Å². The number of thioether (sulfide) groups is 1. The number of aliphatic carboxylic acids is 1. The molecule has 0 unspecified atom stereocenters. The summed E-state index contributed by atoms with van der Waals surface area (Å²) in [4.78, 5) is 21.4. The molecule has 8 heteroatoms. The third-order valence-corrected chi connectivity index (χ3v) is 3.54. The number of likely N-dealkylation sites (N-methyl/N-ethyl adjacent to an activating group) is 1. The zero-order valence-corrected chi connectivity index (χ0v) is 11.0. The fourth-order valence-corrected chi connectivity index (χ4v) is 2.60. The molecule has 6 nitrogen and oxygen atoms in total. The summed E-state index contributed by atoms with van der Waals surface area (Å²) in [6.45, 7) is 0. The Kier molecular flexibility index (Phi) is 5.39. The molecule has 0 amide bonds. The fourth-order valence-electron chi connectivity index (χ4n) is 1.21. The SMILES string of the molecule is CN[C@@H](CSc1cc(Cl)ccc1[N+](=O)[O-])C(=O)O. The first-order chi connectivity index (χ1) is 8.45. The predicted molar refractivity (Wildman–Crippen MR) is 69.3 cm³/mol. The van der Waals surface area contributed by atoms with Crippen LogP contribution in [0.5, 0.6) is 0 Å². The van der Waals surface area contributed by atoms with Crippen LogP contribution < -0.4 is 5.32 Å². The van der Waals surface area contributed by atoms with Gasteiger partial charge in [0.15, 0.2) is 0 Å². The van der Waals surface area contributed by atoms with Gasteiger partial charge in [0.05, 0.1) is 9.82 Å². The monoisotopic (exact) mass is 290 g/mol. The maximum atomic E-state index is 10.8. The molecule has 0 aliphatic rings. The third kappa shape index (κ3) is 3.86. The number of hydrogen-bond donors (Lipinski definition) is 2. The van der Waals surface area contributed by atoms with Gasteiger partial charge in [-0.3, -0.25) is 14.9 Å². The van der Waals surface area contributed by atoms with Crippen molar-refractivity contribution in [1.82, 2.24) is 5.32 Å². The number of nitrogens with zero attached hydrogens (tertiary/aromatic N) is 1. The van der Waals surface area contributed by atoms with Crippen LogP contribution in [0.2, 0.25) is 5.02 Å². The van der Waals surface area contributed by atoms with Crippen LogP contribution in [0.3, 0.4) is 0 Å². The van der Waals surface area contributed by atoms with Gasteiger partial charge in [0.25, 0.3) is 5.69 Å². The minimum Gasteiger partial charge on any atom is -0.480 e. The summed E-state index contributed by atoms with van der Waals surface area (Å²) in [6.07, 6.45) is 0. The Morgan fingerprint density at radius 3 is 2.83 bits per heavy atom. The van der Waals surface area contributed by atoms with E-state index in [0.717, 1.165) is 11.8 Å². The average Bonchev–Trinajstić information content (AvgIpc) is 2.29. The first-order valence-corrected chi connectivity index (χ1v) is 6.29. The van der Waals surface area contributed by atoms with Crippen LogP contribution >= 0.6 is 23.4 Å². The van der Waals surface area contributed by atoms with Crippen molar-refractivity contribution in [2.45, 2.75) is 10.9 Å². The van der Waals surface area contributed by atoms with E-state index in [1.54, 1.807) is 0 Å². The van der Waals surface area contributed by atoms with Crippen molar-refractivity contribution in [2.75, 3.05) is 12.8 Å². The molecule has 0 aliphatic carbocycles. The van der Waals surface area contributed by atoms with Crippen LogP contribution in [0.25, 0.3) is 0 Å². The molecule has 1 atom stereocenters. The minimum absolute atomic E-state index is 0.0790. The Morgan fingerprint density at radius 1 is 1.67 bits per heavy atom. The molecule has 0 aliphatic heterocycles. The second-order valence-electron chi connectivity index (χ2n) is 3.36. The molecule has 0 aromatic heterocycles. The molecule has 2 N–H and O–H groups in total. The van der Waals surface area contributed by atoms with E-state index in [1.807, 2.05) is 0 Å². The molecule has 18 heavy (non-hydrogen) atoms. The first-order valence-electron chi connectivity index (χ1n) is 4.92. The lowest BCUT2D eigenvalue weighted by Crippen LogP contribution is -2.35. The molecule has 1 aromatic rings. The van der Waals surface area contributed by atoms with E-state index < -0.39 is 16.9 Å². The molecular weight excluding hydrogens is 280 g/mol. The highest BCUT2D eigenvalue weighted by molar-refractivity contribution is 7.99. The van der Waals surface area contributed by atoms with Crippen molar-refractivity contribution in [3.63, 3.8) is 0 Å². The van der Waals surface area contributed by atoms with Crippen LogP contribution in [0.1, 0.15) is 0 Å². The molecule has 0 fully saturated rings. The number of nitro benzene ring substituents is 1. The van der Waals surface area contributed by atoms with Crippen LogP contribution in [-0.4, -0.2) is 34.8 Å². The molecule has 0 bridgehead atoms. The molecule has 1 aromatic carbocycles. The van der Waals surface area contributed by atoms with Gasteiger partial charge in [0.2, 0.25) is 0 Å². The number of nitro groups is 1. The molecule has 1 rings (SSSR count). The zero-order valence-electron chi connectivity index (χ0n) is 9.42. The smallest absolute Gasteiger partial charge is 0.321 e. The topological polar surface area (TPSA) is 92.5 Å². The Labute approximate surface area is 112 Å². The number of carboxylic acid groups (broad SMARTS) is 1. The average molecular weight is 291 g/mol. The lowest BCUT2D eigenvalue weighted by atomic mass is 10.3. The molecule has 0 saturated carbocycles. The third-order valence-electron chi connectivity index (χ3n) is 2.17. The molecule has 0 saturated heterocycles. The van der Waals surface area contributed by atoms with Crippen LogP contribution in [0, 0.1) is 10.1 Å². The Bertz CT molecular complexity index is 469. The number of carboxylic acids is 1. The van der Waals surface area contributed by atoms with Gasteiger partial charge in [-0.1, -0.05) is 11.6 Å². The van der Waals surface area contributed by atoms with E-state index in [-0.39, 0.29) is 11.4 Å². The molecule has 98 valence electrons. The quantitative estimate of drug-likeness (QED) is 0.473. The van der Waals surface area contributed by atoms with E-state index in [2.05, 4.69) is 5.32 Å². The maximum Gasteiger partial charge on any atom is 0.321 e. The van der Waals surface area contributed by atoms with Crippen molar-refractivity contribution in [3.05, 3.63) is 33.3 Å². The van der Waals surface area contributed by atoms with Gasteiger partial charge in [-0.05, 0) is 19.2 Å². The van der Waals surface area contributed by atoms with Gasteiger partial charge in [-0.25, -0.2) is 0 Å². The summed E-state index contributed by atoms with van der Waals surface area (Å²) < 4.78 is 0. The predicted octanol–water partition coefficient (Wildman–Crippen LogP) is 2.01. The van der Waals surface area contributed by atoms with Gasteiger partial charge in [-0.15, -0.1) is 11.8 Å². The highest BCUT2D eigenvalue weighted by Crippen LogP contribution is 2.31. The minimum atomic E-state index is -1.00. The lowest BCUT2D eigenvalue weighted by molar-refractivity contribution is -0.387. The number of rotatable bonds is 6. The van der Waals surface area contributed by atoms with E-state index in [9.17, 15) is 14.9 Å². The Hall–Kier alpha value is -1.31. The first kappa shape index (κ1) is 14.7. The summed E-state index contributed by atoms with van der Waals surface area (Å²) in [7, 11) is 1.52. The van der Waals surface area contributed by atoms with Crippen LogP contribution in [-0.2, 0) is 4.79 Å². The number of nitrogens with one attached hydrogen (secondary N) is 1. The number of hydrogen-bond acceptors (Lipinski definition) is 5. The standard InChI is InChI=1S/C10H11ClN2O4S/c1-12-7(10(14)15)5-18-9-4-6(11)2-3-8(9)13(16)17/h2-4,7,12H,5H2,1H3,(H,14,15)/t7-/m0/s1. The second-order valence-corrected chi connectivity index (χ2v) is 4.86. The molecule has 0 radical (unpaired) electrons. The van der Waals surface area contributed by atoms with Crippen LogP contribution in [0.4, 0.5) is 5.69 Å². The van der Waals surface area contributed by atoms with Crippen molar-refractivity contribution < 1.29 is 14.8 Å². The Balaban J connectivity index is 2.86. The molecule has 0 heterocycles. The van der Waals surface area contributed by atoms with Crippen molar-refractivity contribution in [3.8, 4) is 0 Å². The summed E-state index contributed by atoms with van der Waals surface area (Å²) >= 11 is 6.85. The summed E-state index contributed by atoms with van der Waals surface area (Å²) in [5.74, 6) is -0.831. The Morgan fingerprint density at radius 2 is 2.33 bits per heavy atom. The summed E-state index contributed by atoms with van der Waals surface area (Å²) in [6, 6.07) is 3.42. The van der Waals surface area contributed by atoms with Gasteiger partial charge < -0.3 is 10.4 Å². The lowest BCUT2D eigenvalue weighted by Gasteiger charge is -2.10. The van der Waals surface area contributed by atoms with Crippen molar-refractivity contribution in [2.24, 2.45) is 0 Å².